The highest BCUT2D eigenvalue weighted by Crippen LogP contribution is 2.17. The molecule has 6 heteroatoms. The number of carbonyl (C=O) groups is 2. The predicted octanol–water partition coefficient (Wildman–Crippen LogP) is 2.72. The Kier molecular flexibility index (Phi) is 5.92. The molecule has 21 heavy (non-hydrogen) atoms. The van der Waals surface area contributed by atoms with Gasteiger partial charge in [-0.3, -0.25) is 4.79 Å². The summed E-state index contributed by atoms with van der Waals surface area (Å²) in [5.41, 5.74) is 1.67. The van der Waals surface area contributed by atoms with Gasteiger partial charge in [0.25, 0.3) is 0 Å². The van der Waals surface area contributed by atoms with E-state index in [9.17, 15) is 9.59 Å². The van der Waals surface area contributed by atoms with E-state index in [0.717, 1.165) is 35.6 Å². The molecule has 1 aromatic carbocycles. The van der Waals surface area contributed by atoms with Crippen molar-refractivity contribution in [1.29, 1.82) is 0 Å². The summed E-state index contributed by atoms with van der Waals surface area (Å²) in [4.78, 5) is 22.4. The van der Waals surface area contributed by atoms with E-state index in [1.54, 1.807) is 12.1 Å². The van der Waals surface area contributed by atoms with Gasteiger partial charge in [-0.1, -0.05) is 12.1 Å². The van der Waals surface area contributed by atoms with Crippen LogP contribution in [0.2, 0.25) is 0 Å². The molecular weight excluding hydrogens is 288 g/mol. The predicted molar refractivity (Wildman–Crippen MR) is 84.9 cm³/mol. The molecule has 0 atom stereocenters. The highest BCUT2D eigenvalue weighted by Gasteiger charge is 2.15. The summed E-state index contributed by atoms with van der Waals surface area (Å²) >= 11 is 1.92. The number of hydrogen-bond donors (Lipinski definition) is 3. The van der Waals surface area contributed by atoms with Gasteiger partial charge in [0.1, 0.15) is 0 Å². The van der Waals surface area contributed by atoms with Crippen LogP contribution in [-0.2, 0) is 11.2 Å². The van der Waals surface area contributed by atoms with Gasteiger partial charge >= 0.3 is 12.0 Å². The highest BCUT2D eigenvalue weighted by atomic mass is 32.2. The third kappa shape index (κ3) is 5.67. The third-order valence-corrected chi connectivity index (χ3v) is 4.44. The average Bonchev–Trinajstić information content (AvgIpc) is 2.47. The van der Waals surface area contributed by atoms with Crippen LogP contribution in [0.3, 0.4) is 0 Å². The number of amides is 2. The summed E-state index contributed by atoms with van der Waals surface area (Å²) in [7, 11) is 0. The molecular formula is C15H20N2O3S. The zero-order valence-electron chi connectivity index (χ0n) is 11.8. The van der Waals surface area contributed by atoms with Crippen LogP contribution in [0.5, 0.6) is 0 Å². The number of benzene rings is 1. The standard InChI is InChI=1S/C15H20N2O3S/c18-14(19)6-3-11-1-4-12(5-2-11)16-15(20)17-13-7-9-21-10-8-13/h1-2,4-5,13H,3,6-10H2,(H,18,19)(H2,16,17,20). The fraction of sp³-hybridized carbons (Fsp3) is 0.467. The number of hydrogen-bond acceptors (Lipinski definition) is 3. The number of nitrogens with one attached hydrogen (secondary N) is 2. The van der Waals surface area contributed by atoms with Crippen molar-refractivity contribution in [3.63, 3.8) is 0 Å². The number of thioether (sulfide) groups is 1. The first kappa shape index (κ1) is 15.7. The van der Waals surface area contributed by atoms with Crippen molar-refractivity contribution in [3.8, 4) is 0 Å². The largest absolute Gasteiger partial charge is 0.481 e. The number of anilines is 1. The van der Waals surface area contributed by atoms with Crippen molar-refractivity contribution in [2.75, 3.05) is 16.8 Å². The molecule has 0 radical (unpaired) electrons. The monoisotopic (exact) mass is 308 g/mol. The second kappa shape index (κ2) is 7.93. The lowest BCUT2D eigenvalue weighted by atomic mass is 10.1. The number of urea groups is 1. The van der Waals surface area contributed by atoms with Crippen LogP contribution < -0.4 is 10.6 Å². The van der Waals surface area contributed by atoms with Crippen LogP contribution in [0.4, 0.5) is 10.5 Å². The van der Waals surface area contributed by atoms with E-state index in [-0.39, 0.29) is 18.5 Å². The summed E-state index contributed by atoms with van der Waals surface area (Å²) in [6, 6.07) is 7.37. The zero-order valence-corrected chi connectivity index (χ0v) is 12.6. The topological polar surface area (TPSA) is 78.4 Å². The van der Waals surface area contributed by atoms with Crippen molar-refractivity contribution >= 4 is 29.4 Å². The van der Waals surface area contributed by atoms with Crippen molar-refractivity contribution in [1.82, 2.24) is 5.32 Å². The Balaban J connectivity index is 1.79. The molecule has 1 aromatic rings. The Hall–Kier alpha value is -1.69. The maximum Gasteiger partial charge on any atom is 0.319 e. The van der Waals surface area contributed by atoms with Crippen LogP contribution in [-0.4, -0.2) is 34.7 Å². The average molecular weight is 308 g/mol. The molecule has 0 unspecified atom stereocenters. The first-order chi connectivity index (χ1) is 10.1. The fourth-order valence-electron chi connectivity index (χ4n) is 2.20. The van der Waals surface area contributed by atoms with Crippen LogP contribution in [0.15, 0.2) is 24.3 Å². The number of carbonyl (C=O) groups excluding carboxylic acids is 1. The van der Waals surface area contributed by atoms with Crippen molar-refractivity contribution in [2.45, 2.75) is 31.7 Å². The van der Waals surface area contributed by atoms with Crippen LogP contribution in [0.1, 0.15) is 24.8 Å². The summed E-state index contributed by atoms with van der Waals surface area (Å²) in [5, 5.41) is 14.4. The van der Waals surface area contributed by atoms with Crippen molar-refractivity contribution in [2.24, 2.45) is 0 Å². The van der Waals surface area contributed by atoms with Gasteiger partial charge in [-0.25, -0.2) is 4.79 Å². The smallest absolute Gasteiger partial charge is 0.319 e. The molecule has 0 bridgehead atoms. The van der Waals surface area contributed by atoms with Crippen molar-refractivity contribution in [3.05, 3.63) is 29.8 Å². The summed E-state index contributed by atoms with van der Waals surface area (Å²) in [5.74, 6) is 1.40. The van der Waals surface area contributed by atoms with Gasteiger partial charge in [0.15, 0.2) is 0 Å². The minimum absolute atomic E-state index is 0.118. The van der Waals surface area contributed by atoms with Gasteiger partial charge in [0.2, 0.25) is 0 Å². The molecule has 114 valence electrons. The van der Waals surface area contributed by atoms with E-state index in [1.165, 1.54) is 0 Å². The fourth-order valence-corrected chi connectivity index (χ4v) is 3.31. The molecule has 0 spiro atoms. The van der Waals surface area contributed by atoms with Crippen LogP contribution in [0.25, 0.3) is 0 Å². The zero-order chi connectivity index (χ0) is 15.1. The van der Waals surface area contributed by atoms with Crippen LogP contribution in [0, 0.1) is 0 Å². The molecule has 1 fully saturated rings. The van der Waals surface area contributed by atoms with Gasteiger partial charge in [0, 0.05) is 18.2 Å². The molecule has 0 saturated carbocycles. The Labute approximate surface area is 128 Å². The molecule has 1 saturated heterocycles. The SMILES string of the molecule is O=C(O)CCc1ccc(NC(=O)NC2CCSCC2)cc1. The molecule has 5 nitrogen and oxygen atoms in total. The van der Waals surface area contributed by atoms with Gasteiger partial charge < -0.3 is 15.7 Å². The number of carboxylic acid groups (broad SMARTS) is 1. The first-order valence-corrected chi connectivity index (χ1v) is 8.25. The molecule has 1 aliphatic heterocycles. The third-order valence-electron chi connectivity index (χ3n) is 3.40. The van der Waals surface area contributed by atoms with Gasteiger partial charge in [-0.05, 0) is 48.5 Å². The second-order valence-corrected chi connectivity index (χ2v) is 6.30. The molecule has 2 rings (SSSR count). The molecule has 3 N–H and O–H groups in total. The van der Waals surface area contributed by atoms with E-state index in [4.69, 9.17) is 5.11 Å². The van der Waals surface area contributed by atoms with E-state index in [2.05, 4.69) is 10.6 Å². The summed E-state index contributed by atoms with van der Waals surface area (Å²) in [6.07, 6.45) is 2.66. The minimum Gasteiger partial charge on any atom is -0.481 e. The molecule has 0 aromatic heterocycles. The van der Waals surface area contributed by atoms with Crippen molar-refractivity contribution < 1.29 is 14.7 Å². The Morgan fingerprint density at radius 1 is 1.19 bits per heavy atom. The molecule has 1 heterocycles. The van der Waals surface area contributed by atoms with Gasteiger partial charge in [-0.2, -0.15) is 11.8 Å². The van der Waals surface area contributed by atoms with Crippen LogP contribution >= 0.6 is 11.8 Å². The maximum absolute atomic E-state index is 11.9. The number of aryl methyl sites for hydroxylation is 1. The molecule has 1 aliphatic rings. The molecule has 2 amide bonds. The molecule has 0 aliphatic carbocycles. The quantitative estimate of drug-likeness (QED) is 0.781. The van der Waals surface area contributed by atoms with E-state index >= 15 is 0 Å². The normalized spacial score (nSPS) is 15.4. The second-order valence-electron chi connectivity index (χ2n) is 5.08. The Bertz CT molecular complexity index is 484. The Morgan fingerprint density at radius 3 is 2.48 bits per heavy atom. The first-order valence-electron chi connectivity index (χ1n) is 7.09. The lowest BCUT2D eigenvalue weighted by Gasteiger charge is -2.22. The summed E-state index contributed by atoms with van der Waals surface area (Å²) in [6.45, 7) is 0. The minimum atomic E-state index is -0.803. The van der Waals surface area contributed by atoms with E-state index in [0.29, 0.717) is 6.42 Å². The number of carboxylic acids is 1. The highest BCUT2D eigenvalue weighted by molar-refractivity contribution is 7.99. The maximum atomic E-state index is 11.9. The van der Waals surface area contributed by atoms with E-state index < -0.39 is 5.97 Å². The lowest BCUT2D eigenvalue weighted by Crippen LogP contribution is -2.39. The number of aliphatic carboxylic acids is 1. The number of rotatable bonds is 5. The lowest BCUT2D eigenvalue weighted by molar-refractivity contribution is -0.136. The Morgan fingerprint density at radius 2 is 1.86 bits per heavy atom. The van der Waals surface area contributed by atoms with Gasteiger partial charge in [-0.15, -0.1) is 0 Å². The van der Waals surface area contributed by atoms with E-state index in [1.807, 2.05) is 23.9 Å². The summed E-state index contributed by atoms with van der Waals surface area (Å²) < 4.78 is 0. The van der Waals surface area contributed by atoms with Gasteiger partial charge in [0.05, 0.1) is 0 Å².